The van der Waals surface area contributed by atoms with Crippen molar-refractivity contribution in [3.8, 4) is 0 Å². The number of nitrogens with zero attached hydrogens (tertiary/aromatic N) is 2. The van der Waals surface area contributed by atoms with Crippen molar-refractivity contribution < 1.29 is 24.4 Å². The number of carbonyl (C=O) groups excluding carboxylic acids is 1. The Labute approximate surface area is 127 Å². The summed E-state index contributed by atoms with van der Waals surface area (Å²) in [6.45, 7) is 6.30. The second-order valence-corrected chi connectivity index (χ2v) is 5.64. The maximum absolute atomic E-state index is 12.2. The van der Waals surface area contributed by atoms with Crippen LogP contribution in [0.1, 0.15) is 27.7 Å². The fourth-order valence-electron chi connectivity index (χ4n) is 1.64. The number of nitro benzene ring substituents is 1. The topological polar surface area (TPSA) is 110 Å². The van der Waals surface area contributed by atoms with Crippen molar-refractivity contribution in [2.24, 2.45) is 0 Å². The van der Waals surface area contributed by atoms with E-state index in [9.17, 15) is 19.7 Å². The normalized spacial score (nSPS) is 12.4. The van der Waals surface area contributed by atoms with E-state index in [1.807, 2.05) is 0 Å². The molecule has 8 heteroatoms. The van der Waals surface area contributed by atoms with Crippen molar-refractivity contribution in [2.75, 3.05) is 4.90 Å². The number of anilines is 1. The maximum Gasteiger partial charge on any atom is 0.415 e. The monoisotopic (exact) mass is 310 g/mol. The highest BCUT2D eigenvalue weighted by Crippen LogP contribution is 2.23. The van der Waals surface area contributed by atoms with E-state index < -0.39 is 28.6 Å². The molecule has 0 radical (unpaired) electrons. The zero-order valence-electron chi connectivity index (χ0n) is 12.8. The Kier molecular flexibility index (Phi) is 5.08. The molecule has 1 amide bonds. The molecule has 0 aromatic heterocycles. The molecule has 1 N–H and O–H groups in total. The average molecular weight is 310 g/mol. The number of benzene rings is 1. The summed E-state index contributed by atoms with van der Waals surface area (Å²) in [4.78, 5) is 34.4. The molecule has 0 aliphatic rings. The summed E-state index contributed by atoms with van der Waals surface area (Å²) < 4.78 is 5.19. The van der Waals surface area contributed by atoms with Gasteiger partial charge >= 0.3 is 12.1 Å². The molecule has 0 fully saturated rings. The lowest BCUT2D eigenvalue weighted by molar-refractivity contribution is -0.384. The van der Waals surface area contributed by atoms with Crippen molar-refractivity contribution >= 4 is 23.4 Å². The Morgan fingerprint density at radius 1 is 1.27 bits per heavy atom. The summed E-state index contributed by atoms with van der Waals surface area (Å²) in [7, 11) is 0. The second kappa shape index (κ2) is 6.42. The number of carboxylic acid groups (broad SMARTS) is 1. The highest BCUT2D eigenvalue weighted by Gasteiger charge is 2.31. The highest BCUT2D eigenvalue weighted by atomic mass is 16.6. The minimum Gasteiger partial charge on any atom is -0.480 e. The first-order chi connectivity index (χ1) is 10.0. The van der Waals surface area contributed by atoms with Crippen LogP contribution in [0, 0.1) is 10.1 Å². The third kappa shape index (κ3) is 4.44. The van der Waals surface area contributed by atoms with Gasteiger partial charge < -0.3 is 9.84 Å². The minimum atomic E-state index is -1.22. The van der Waals surface area contributed by atoms with Crippen molar-refractivity contribution in [1.29, 1.82) is 0 Å². The lowest BCUT2D eigenvalue weighted by Gasteiger charge is -2.29. The number of ether oxygens (including phenoxy) is 1. The van der Waals surface area contributed by atoms with E-state index in [0.717, 1.165) is 4.90 Å². The van der Waals surface area contributed by atoms with Crippen molar-refractivity contribution in [2.45, 2.75) is 39.3 Å². The first-order valence-corrected chi connectivity index (χ1v) is 6.52. The van der Waals surface area contributed by atoms with Gasteiger partial charge in [-0.25, -0.2) is 9.59 Å². The van der Waals surface area contributed by atoms with E-state index in [-0.39, 0.29) is 11.4 Å². The smallest absolute Gasteiger partial charge is 0.415 e. The number of hydrogen-bond donors (Lipinski definition) is 1. The van der Waals surface area contributed by atoms with Crippen LogP contribution in [0.5, 0.6) is 0 Å². The Morgan fingerprint density at radius 2 is 1.77 bits per heavy atom. The number of carboxylic acids is 1. The van der Waals surface area contributed by atoms with Gasteiger partial charge in [0.25, 0.3) is 5.69 Å². The van der Waals surface area contributed by atoms with Crippen LogP contribution in [-0.4, -0.2) is 33.7 Å². The molecule has 22 heavy (non-hydrogen) atoms. The Balaban J connectivity index is 3.17. The highest BCUT2D eigenvalue weighted by molar-refractivity contribution is 5.95. The molecule has 1 rings (SSSR count). The summed E-state index contributed by atoms with van der Waals surface area (Å²) in [5.74, 6) is -1.22. The Hall–Kier alpha value is -2.64. The molecule has 0 saturated carbocycles. The first-order valence-electron chi connectivity index (χ1n) is 6.52. The van der Waals surface area contributed by atoms with Gasteiger partial charge in [-0.05, 0) is 39.8 Å². The molecular weight excluding hydrogens is 292 g/mol. The van der Waals surface area contributed by atoms with Crippen LogP contribution in [-0.2, 0) is 9.53 Å². The molecule has 0 aliphatic carbocycles. The lowest BCUT2D eigenvalue weighted by atomic mass is 10.2. The number of nitro groups is 1. The van der Waals surface area contributed by atoms with Gasteiger partial charge in [0.2, 0.25) is 0 Å². The largest absolute Gasteiger partial charge is 0.480 e. The third-order valence-corrected chi connectivity index (χ3v) is 2.67. The fourth-order valence-corrected chi connectivity index (χ4v) is 1.64. The van der Waals surface area contributed by atoms with Crippen molar-refractivity contribution in [3.05, 3.63) is 34.4 Å². The van der Waals surface area contributed by atoms with E-state index in [4.69, 9.17) is 9.84 Å². The summed E-state index contributed by atoms with van der Waals surface area (Å²) in [5, 5.41) is 19.8. The van der Waals surface area contributed by atoms with Gasteiger partial charge in [0.15, 0.2) is 0 Å². The molecule has 8 nitrogen and oxygen atoms in total. The number of rotatable bonds is 4. The molecule has 0 heterocycles. The van der Waals surface area contributed by atoms with E-state index in [1.54, 1.807) is 20.8 Å². The predicted molar refractivity (Wildman–Crippen MR) is 78.9 cm³/mol. The molecule has 120 valence electrons. The molecule has 0 bridgehead atoms. The standard InChI is InChI=1S/C14H18N2O6/c1-9(12(17)18)15(13(19)22-14(2,3)4)10-5-7-11(8-6-10)16(20)21/h5-9H,1-4H3,(H,17,18)/t9-/m1/s1. The SMILES string of the molecule is C[C@H](C(=O)O)N(C(=O)OC(C)(C)C)c1ccc([N+](=O)[O-])cc1. The summed E-state index contributed by atoms with van der Waals surface area (Å²) in [5.41, 5.74) is -0.750. The van der Waals surface area contributed by atoms with Crippen LogP contribution in [0.2, 0.25) is 0 Å². The van der Waals surface area contributed by atoms with Crippen LogP contribution in [0.3, 0.4) is 0 Å². The van der Waals surface area contributed by atoms with Gasteiger partial charge in [-0.15, -0.1) is 0 Å². The minimum absolute atomic E-state index is 0.157. The van der Waals surface area contributed by atoms with Gasteiger partial charge in [0, 0.05) is 17.8 Å². The van der Waals surface area contributed by atoms with E-state index in [0.29, 0.717) is 0 Å². The number of hydrogen-bond acceptors (Lipinski definition) is 5. The third-order valence-electron chi connectivity index (χ3n) is 2.67. The molecule has 1 atom stereocenters. The van der Waals surface area contributed by atoms with Gasteiger partial charge in [0.1, 0.15) is 11.6 Å². The first kappa shape index (κ1) is 17.4. The second-order valence-electron chi connectivity index (χ2n) is 5.64. The summed E-state index contributed by atoms with van der Waals surface area (Å²) >= 11 is 0. The van der Waals surface area contributed by atoms with Gasteiger partial charge in [-0.3, -0.25) is 15.0 Å². The van der Waals surface area contributed by atoms with E-state index >= 15 is 0 Å². The van der Waals surface area contributed by atoms with Gasteiger partial charge in [-0.1, -0.05) is 0 Å². The van der Waals surface area contributed by atoms with Crippen molar-refractivity contribution in [3.63, 3.8) is 0 Å². The Bertz CT molecular complexity index is 576. The molecule has 1 aromatic carbocycles. The van der Waals surface area contributed by atoms with Crippen LogP contribution < -0.4 is 4.90 Å². The number of aliphatic carboxylic acids is 1. The van der Waals surface area contributed by atoms with Gasteiger partial charge in [-0.2, -0.15) is 0 Å². The maximum atomic E-state index is 12.2. The summed E-state index contributed by atoms with van der Waals surface area (Å²) in [6, 6.07) is 3.82. The Morgan fingerprint density at radius 3 is 2.14 bits per heavy atom. The average Bonchev–Trinajstić information content (AvgIpc) is 2.37. The van der Waals surface area contributed by atoms with Crippen LogP contribution >= 0.6 is 0 Å². The van der Waals surface area contributed by atoms with Crippen LogP contribution in [0.4, 0.5) is 16.2 Å². The quantitative estimate of drug-likeness (QED) is 0.676. The molecule has 0 aliphatic heterocycles. The molecule has 0 spiro atoms. The molecule has 0 unspecified atom stereocenters. The predicted octanol–water partition coefficient (Wildman–Crippen LogP) is 2.81. The van der Waals surface area contributed by atoms with Gasteiger partial charge in [0.05, 0.1) is 4.92 Å². The van der Waals surface area contributed by atoms with Crippen LogP contribution in [0.15, 0.2) is 24.3 Å². The van der Waals surface area contributed by atoms with E-state index in [2.05, 4.69) is 0 Å². The zero-order valence-corrected chi connectivity index (χ0v) is 12.8. The number of non-ortho nitro benzene ring substituents is 1. The number of carbonyl (C=O) groups is 2. The molecule has 1 aromatic rings. The summed E-state index contributed by atoms with van der Waals surface area (Å²) in [6.07, 6.45) is -0.837. The van der Waals surface area contributed by atoms with E-state index in [1.165, 1.54) is 31.2 Å². The number of amides is 1. The van der Waals surface area contributed by atoms with Crippen LogP contribution in [0.25, 0.3) is 0 Å². The zero-order chi connectivity index (χ0) is 17.1. The lowest BCUT2D eigenvalue weighted by Crippen LogP contribution is -2.46. The molecule has 0 saturated heterocycles. The van der Waals surface area contributed by atoms with Crippen molar-refractivity contribution in [1.82, 2.24) is 0 Å². The fraction of sp³-hybridized carbons (Fsp3) is 0.429. The molecular formula is C14H18N2O6.